The van der Waals surface area contributed by atoms with E-state index in [1.165, 1.54) is 9.25 Å². The summed E-state index contributed by atoms with van der Waals surface area (Å²) in [7, 11) is 0. The lowest BCUT2D eigenvalue weighted by molar-refractivity contribution is 0.0676. The molecule has 3 rings (SSSR count). The Bertz CT molecular complexity index is 708. The van der Waals surface area contributed by atoms with Crippen molar-refractivity contribution >= 4 is 5.97 Å². The molecule has 6 nitrogen and oxygen atoms in total. The molecule has 1 saturated carbocycles. The Kier molecular flexibility index (Phi) is 2.93. The van der Waals surface area contributed by atoms with Gasteiger partial charge in [0, 0.05) is 6.04 Å². The van der Waals surface area contributed by atoms with Crippen LogP contribution in [0.1, 0.15) is 42.0 Å². The van der Waals surface area contributed by atoms with Gasteiger partial charge in [-0.25, -0.2) is 9.59 Å². The van der Waals surface area contributed by atoms with Crippen LogP contribution < -0.4 is 5.69 Å². The molecule has 0 atom stereocenters. The second-order valence-electron chi connectivity index (χ2n) is 4.94. The van der Waals surface area contributed by atoms with Gasteiger partial charge in [0.1, 0.15) is 0 Å². The molecule has 1 aliphatic carbocycles. The normalized spacial score (nSPS) is 14.4. The molecule has 1 aromatic heterocycles. The highest BCUT2D eigenvalue weighted by atomic mass is 16.4. The zero-order chi connectivity index (χ0) is 14.3. The van der Waals surface area contributed by atoms with Crippen LogP contribution in [0.25, 0.3) is 5.69 Å². The van der Waals surface area contributed by atoms with Crippen LogP contribution in [0, 0.1) is 0 Å². The van der Waals surface area contributed by atoms with E-state index in [1.54, 1.807) is 12.1 Å². The maximum Gasteiger partial charge on any atom is 0.374 e. The predicted molar refractivity (Wildman–Crippen MR) is 72.4 cm³/mol. The molecule has 1 aliphatic rings. The van der Waals surface area contributed by atoms with Crippen LogP contribution in [-0.4, -0.2) is 25.4 Å². The van der Waals surface area contributed by atoms with Gasteiger partial charge in [-0.2, -0.15) is 4.68 Å². The second-order valence-corrected chi connectivity index (χ2v) is 4.94. The van der Waals surface area contributed by atoms with Gasteiger partial charge in [-0.05, 0) is 37.0 Å². The Hall–Kier alpha value is -2.37. The molecular weight excluding hydrogens is 258 g/mol. The number of hydrogen-bond donors (Lipinski definition) is 1. The summed E-state index contributed by atoms with van der Waals surface area (Å²) in [4.78, 5) is 23.5. The van der Waals surface area contributed by atoms with E-state index < -0.39 is 5.97 Å². The van der Waals surface area contributed by atoms with E-state index >= 15 is 0 Å². The molecule has 2 aromatic rings. The van der Waals surface area contributed by atoms with Crippen molar-refractivity contribution in [2.75, 3.05) is 0 Å². The third-order valence-corrected chi connectivity index (χ3v) is 3.50. The Labute approximate surface area is 115 Å². The number of aryl methyl sites for hydroxylation is 1. The quantitative estimate of drug-likeness (QED) is 0.918. The SMILES string of the molecule is CCc1ccc(-n2nc(C(=O)O)n(C3CC3)c2=O)cc1. The summed E-state index contributed by atoms with van der Waals surface area (Å²) in [6.45, 7) is 2.05. The van der Waals surface area contributed by atoms with Gasteiger partial charge in [-0.3, -0.25) is 4.57 Å². The van der Waals surface area contributed by atoms with Crippen LogP contribution in [-0.2, 0) is 6.42 Å². The fourth-order valence-electron chi connectivity index (χ4n) is 2.23. The number of carbonyl (C=O) groups is 1. The Morgan fingerprint density at radius 1 is 1.35 bits per heavy atom. The van der Waals surface area contributed by atoms with Gasteiger partial charge in [0.05, 0.1) is 5.69 Å². The minimum Gasteiger partial charge on any atom is -0.475 e. The Morgan fingerprint density at radius 2 is 2.00 bits per heavy atom. The lowest BCUT2D eigenvalue weighted by Gasteiger charge is -2.01. The second kappa shape index (κ2) is 4.63. The predicted octanol–water partition coefficient (Wildman–Crippen LogP) is 1.63. The number of benzene rings is 1. The molecule has 6 heteroatoms. The summed E-state index contributed by atoms with van der Waals surface area (Å²) in [5.41, 5.74) is 1.37. The maximum atomic E-state index is 12.3. The molecule has 0 saturated heterocycles. The molecule has 1 fully saturated rings. The average Bonchev–Trinajstić information content (AvgIpc) is 3.22. The largest absolute Gasteiger partial charge is 0.475 e. The number of hydrogen-bond acceptors (Lipinski definition) is 3. The van der Waals surface area contributed by atoms with Gasteiger partial charge in [-0.1, -0.05) is 19.1 Å². The van der Waals surface area contributed by atoms with Crippen LogP contribution in [0.5, 0.6) is 0 Å². The lowest BCUT2D eigenvalue weighted by atomic mass is 10.1. The van der Waals surface area contributed by atoms with E-state index in [2.05, 4.69) is 5.10 Å². The van der Waals surface area contributed by atoms with Crippen LogP contribution in [0.4, 0.5) is 0 Å². The summed E-state index contributed by atoms with van der Waals surface area (Å²) in [6.07, 6.45) is 2.58. The topological polar surface area (TPSA) is 77.1 Å². The first kappa shape index (κ1) is 12.7. The van der Waals surface area contributed by atoms with Crippen molar-refractivity contribution in [3.8, 4) is 5.69 Å². The molecule has 0 spiro atoms. The molecule has 1 aromatic carbocycles. The highest BCUT2D eigenvalue weighted by Crippen LogP contribution is 2.34. The highest BCUT2D eigenvalue weighted by Gasteiger charge is 2.32. The maximum absolute atomic E-state index is 12.3. The van der Waals surface area contributed by atoms with E-state index in [9.17, 15) is 14.7 Å². The van der Waals surface area contributed by atoms with Gasteiger partial charge in [0.25, 0.3) is 0 Å². The van der Waals surface area contributed by atoms with E-state index in [-0.39, 0.29) is 17.6 Å². The summed E-state index contributed by atoms with van der Waals surface area (Å²) in [5.74, 6) is -1.35. The summed E-state index contributed by atoms with van der Waals surface area (Å²) in [5, 5.41) is 13.1. The Morgan fingerprint density at radius 3 is 2.50 bits per heavy atom. The van der Waals surface area contributed by atoms with Crippen molar-refractivity contribution in [1.29, 1.82) is 0 Å². The van der Waals surface area contributed by atoms with Gasteiger partial charge in [0.2, 0.25) is 5.82 Å². The first-order chi connectivity index (χ1) is 9.61. The molecular formula is C14H15N3O3. The first-order valence-corrected chi connectivity index (χ1v) is 6.66. The van der Waals surface area contributed by atoms with E-state index in [1.807, 2.05) is 19.1 Å². The van der Waals surface area contributed by atoms with Gasteiger partial charge >= 0.3 is 11.7 Å². The van der Waals surface area contributed by atoms with Crippen LogP contribution >= 0.6 is 0 Å². The van der Waals surface area contributed by atoms with Gasteiger partial charge in [-0.15, -0.1) is 5.10 Å². The van der Waals surface area contributed by atoms with Crippen molar-refractivity contribution in [2.45, 2.75) is 32.2 Å². The first-order valence-electron chi connectivity index (χ1n) is 6.66. The molecule has 0 unspecified atom stereocenters. The molecule has 0 amide bonds. The zero-order valence-electron chi connectivity index (χ0n) is 11.1. The van der Waals surface area contributed by atoms with Crippen molar-refractivity contribution in [2.24, 2.45) is 0 Å². The molecule has 104 valence electrons. The fraction of sp³-hybridized carbons (Fsp3) is 0.357. The average molecular weight is 273 g/mol. The molecule has 20 heavy (non-hydrogen) atoms. The number of nitrogens with zero attached hydrogens (tertiary/aromatic N) is 3. The smallest absolute Gasteiger partial charge is 0.374 e. The van der Waals surface area contributed by atoms with Crippen LogP contribution in [0.15, 0.2) is 29.1 Å². The number of rotatable bonds is 4. The highest BCUT2D eigenvalue weighted by molar-refractivity contribution is 5.83. The third-order valence-electron chi connectivity index (χ3n) is 3.50. The standard InChI is InChI=1S/C14H15N3O3/c1-2-9-3-5-11(6-4-9)17-14(20)16(10-7-8-10)12(15-17)13(18)19/h3-6,10H,2,7-8H2,1H3,(H,18,19). The molecule has 0 bridgehead atoms. The fourth-order valence-corrected chi connectivity index (χ4v) is 2.23. The lowest BCUT2D eigenvalue weighted by Crippen LogP contribution is -2.24. The number of carboxylic acid groups (broad SMARTS) is 1. The van der Waals surface area contributed by atoms with Gasteiger partial charge < -0.3 is 5.11 Å². The number of aromatic nitrogens is 3. The summed E-state index contributed by atoms with van der Waals surface area (Å²) in [6, 6.07) is 7.39. The van der Waals surface area contributed by atoms with E-state index in [4.69, 9.17) is 0 Å². The molecule has 0 radical (unpaired) electrons. The third kappa shape index (κ3) is 2.03. The zero-order valence-corrected chi connectivity index (χ0v) is 11.1. The van der Waals surface area contributed by atoms with Crippen molar-refractivity contribution in [3.05, 3.63) is 46.1 Å². The monoisotopic (exact) mass is 273 g/mol. The summed E-state index contributed by atoms with van der Waals surface area (Å²) < 4.78 is 2.46. The number of carboxylic acids is 1. The molecule has 1 heterocycles. The van der Waals surface area contributed by atoms with Crippen LogP contribution in [0.3, 0.4) is 0 Å². The number of aromatic carboxylic acids is 1. The van der Waals surface area contributed by atoms with Crippen molar-refractivity contribution in [1.82, 2.24) is 14.3 Å². The Balaban J connectivity index is 2.11. The van der Waals surface area contributed by atoms with E-state index in [0.717, 1.165) is 24.8 Å². The van der Waals surface area contributed by atoms with Crippen LogP contribution in [0.2, 0.25) is 0 Å². The van der Waals surface area contributed by atoms with Crippen molar-refractivity contribution in [3.63, 3.8) is 0 Å². The van der Waals surface area contributed by atoms with Crippen molar-refractivity contribution < 1.29 is 9.90 Å². The summed E-state index contributed by atoms with van der Waals surface area (Å²) >= 11 is 0. The van der Waals surface area contributed by atoms with E-state index in [0.29, 0.717) is 5.69 Å². The molecule has 1 N–H and O–H groups in total. The van der Waals surface area contributed by atoms with Gasteiger partial charge in [0.15, 0.2) is 0 Å². The molecule has 0 aliphatic heterocycles. The minimum atomic E-state index is -1.17. The minimum absolute atomic E-state index is 0.0164.